The molecule has 6 aromatic heterocycles. The highest BCUT2D eigenvalue weighted by Gasteiger charge is 2.38. The Morgan fingerprint density at radius 3 is 1.69 bits per heavy atom. The molecule has 0 saturated carbocycles. The number of anilines is 4. The van der Waals surface area contributed by atoms with Crippen LogP contribution in [0.15, 0.2) is 50.0 Å². The van der Waals surface area contributed by atoms with Gasteiger partial charge < -0.3 is 66.0 Å². The topological polar surface area (TPSA) is 430 Å². The van der Waals surface area contributed by atoms with Gasteiger partial charge in [-0.05, 0) is 31.7 Å². The maximum atomic E-state index is 11.6. The molecular weight excluding hydrogens is 987 g/mol. The number of aliphatic hydroxyl groups excluding tert-OH is 4. The van der Waals surface area contributed by atoms with Crippen LogP contribution in [0, 0.1) is 10.1 Å². The SMILES string of the molecule is CC[C@H]1O[C@@H](c2cc([N+](=O)[O-])c(N)nc2NC)C[C@H]1O.CC[C@H]1O[C@@H](c2cnc(N)nc2NC)C[C@H]1O.CC[C@H]1O[C@@H](n2ccc3c(=O)[nH]c(=O)[nH]c32)C[C@H]1O.CC[C@H]1O[C@@H](n2cnc3c(=O)[nH]c(=O)[nH]c32)C[C@H]1O. The first-order valence-corrected chi connectivity index (χ1v) is 24.6. The summed E-state index contributed by atoms with van der Waals surface area (Å²) in [5.74, 6) is 1.17. The molecule has 29 nitrogen and oxygen atoms in total. The molecule has 0 aliphatic carbocycles. The zero-order valence-corrected chi connectivity index (χ0v) is 42.1. The number of nitrogens with two attached hydrogens (primary N) is 2. The number of ether oxygens (including phenoxy) is 4. The van der Waals surface area contributed by atoms with Crippen molar-refractivity contribution < 1.29 is 44.3 Å². The Bertz CT molecular complexity index is 3050. The molecule has 0 bridgehead atoms. The number of rotatable bonds is 11. The Morgan fingerprint density at radius 2 is 1.17 bits per heavy atom. The van der Waals surface area contributed by atoms with E-state index in [1.165, 1.54) is 12.4 Å². The largest absolute Gasteiger partial charge is 0.390 e. The van der Waals surface area contributed by atoms with Crippen LogP contribution in [-0.4, -0.2) is 137 Å². The second-order valence-electron chi connectivity index (χ2n) is 18.2. The molecule has 29 heteroatoms. The van der Waals surface area contributed by atoms with Crippen LogP contribution in [0.3, 0.4) is 0 Å². The highest BCUT2D eigenvalue weighted by atomic mass is 16.6. The van der Waals surface area contributed by atoms with Crippen molar-refractivity contribution in [1.29, 1.82) is 0 Å². The van der Waals surface area contributed by atoms with Crippen molar-refractivity contribution in [1.82, 2.24) is 49.0 Å². The predicted molar refractivity (Wildman–Crippen MR) is 272 cm³/mol. The van der Waals surface area contributed by atoms with Crippen molar-refractivity contribution in [2.75, 3.05) is 36.2 Å². The average Bonchev–Trinajstić information content (AvgIpc) is 4.26. The summed E-state index contributed by atoms with van der Waals surface area (Å²) in [5.41, 5.74) is 11.0. The van der Waals surface area contributed by atoms with Crippen LogP contribution in [-0.2, 0) is 18.9 Å². The van der Waals surface area contributed by atoms with Crippen molar-refractivity contribution in [2.45, 2.75) is 153 Å². The quantitative estimate of drug-likeness (QED) is 0.0645. The van der Waals surface area contributed by atoms with Gasteiger partial charge in [0.2, 0.25) is 11.8 Å². The van der Waals surface area contributed by atoms with E-state index in [9.17, 15) is 49.7 Å². The second kappa shape index (κ2) is 24.0. The lowest BCUT2D eigenvalue weighted by Gasteiger charge is -2.16. The molecule has 12 atom stereocenters. The zero-order valence-electron chi connectivity index (χ0n) is 42.1. The number of H-pyrrole nitrogens is 4. The van der Waals surface area contributed by atoms with E-state index >= 15 is 0 Å². The van der Waals surface area contributed by atoms with E-state index in [-0.39, 0.29) is 59.7 Å². The van der Waals surface area contributed by atoms with Crippen LogP contribution in [0.1, 0.15) is 115 Å². The van der Waals surface area contributed by atoms with Crippen LogP contribution in [0.5, 0.6) is 0 Å². The maximum absolute atomic E-state index is 11.6. The molecule has 0 aromatic carbocycles. The molecular formula is C46H65N15O14. The van der Waals surface area contributed by atoms with Crippen molar-refractivity contribution in [3.05, 3.63) is 93.8 Å². The molecule has 10 rings (SSSR count). The average molecular weight is 1050 g/mol. The van der Waals surface area contributed by atoms with Crippen molar-refractivity contribution in [3.8, 4) is 0 Å². The van der Waals surface area contributed by atoms with Gasteiger partial charge in [-0.25, -0.2) is 24.5 Å². The van der Waals surface area contributed by atoms with Crippen molar-refractivity contribution in [2.24, 2.45) is 0 Å². The van der Waals surface area contributed by atoms with Gasteiger partial charge in [-0.1, -0.05) is 27.7 Å². The van der Waals surface area contributed by atoms with Gasteiger partial charge in [0.15, 0.2) is 5.52 Å². The maximum Gasteiger partial charge on any atom is 0.327 e. The first kappa shape index (κ1) is 55.6. The molecule has 4 aliphatic rings. The van der Waals surface area contributed by atoms with Gasteiger partial charge in [-0.15, -0.1) is 0 Å². The third kappa shape index (κ3) is 12.2. The zero-order chi connectivity index (χ0) is 54.4. The predicted octanol–water partition coefficient (Wildman–Crippen LogP) is 1.46. The van der Waals surface area contributed by atoms with E-state index in [2.05, 4.69) is 50.5 Å². The number of aromatic amines is 4. The smallest absolute Gasteiger partial charge is 0.327 e. The van der Waals surface area contributed by atoms with Crippen molar-refractivity contribution in [3.63, 3.8) is 0 Å². The lowest BCUT2D eigenvalue weighted by Crippen LogP contribution is -2.23. The summed E-state index contributed by atoms with van der Waals surface area (Å²) < 4.78 is 26.2. The fourth-order valence-electron chi connectivity index (χ4n) is 9.55. The highest BCUT2D eigenvalue weighted by Crippen LogP contribution is 2.40. The summed E-state index contributed by atoms with van der Waals surface area (Å²) in [6.45, 7) is 7.78. The van der Waals surface area contributed by atoms with Crippen LogP contribution in [0.2, 0.25) is 0 Å². The third-order valence-electron chi connectivity index (χ3n) is 13.4. The van der Waals surface area contributed by atoms with Gasteiger partial charge in [-0.3, -0.25) is 44.2 Å². The first-order valence-electron chi connectivity index (χ1n) is 24.6. The lowest BCUT2D eigenvalue weighted by molar-refractivity contribution is -0.384. The number of nitrogens with zero attached hydrogens (tertiary/aromatic N) is 7. The van der Waals surface area contributed by atoms with Gasteiger partial charge in [0.05, 0.1) is 77.7 Å². The molecule has 10 heterocycles. The number of pyridine rings is 1. The number of nitrogens with one attached hydrogen (secondary N) is 6. The Labute approximate surface area is 426 Å². The number of nitro groups is 1. The third-order valence-corrected chi connectivity index (χ3v) is 13.4. The van der Waals surface area contributed by atoms with Gasteiger partial charge in [-0.2, -0.15) is 4.98 Å². The summed E-state index contributed by atoms with van der Waals surface area (Å²) in [7, 11) is 3.42. The molecule has 408 valence electrons. The number of nitrogen functional groups attached to an aromatic ring is 2. The number of aliphatic hydroxyl groups is 4. The van der Waals surface area contributed by atoms with Gasteiger partial charge in [0.25, 0.3) is 11.1 Å². The molecule has 6 aromatic rings. The standard InChI is InChI=1S/C12H18N4O4.C12H15N3O4.C11H14N4O4.C11H18N4O2/c1-3-9-8(17)5-10(20-9)6-4-7(16(18)19)11(13)15-12(6)14-2;1-2-8-7(16)5-9(19-8)15-4-3-6-10(15)13-12(18)14-11(6)17;1-2-6-5(16)3-7(19-6)15-4-12-8-9(15)13-11(18)14-10(8)17;1-3-8-7(16)4-9(17-8)6-5-14-11(12)15-10(6)13-2/h4,8-10,17H,3,5H2,1-2H3,(H3,13,14,15);3-4,7-9,16H,2,5H2,1H3,(H2,13,14,17,18);4-7,16H,2-3H2,1H3,(H2,13,14,17,18);5,7-9,16H,3-4H2,1-2H3,(H3,12,13,14,15)/t8-,9-,10-;7-,8-,9-;5-,6-,7-;7-,8-,9-/m1111/s1. The fraction of sp³-hybridized carbons (Fsp3) is 0.565. The minimum absolute atomic E-state index is 0.109. The molecule has 75 heavy (non-hydrogen) atoms. The monoisotopic (exact) mass is 1050 g/mol. The molecule has 4 aliphatic heterocycles. The van der Waals surface area contributed by atoms with E-state index in [1.54, 1.807) is 41.7 Å². The van der Waals surface area contributed by atoms with Gasteiger partial charge >= 0.3 is 17.1 Å². The first-order chi connectivity index (χ1) is 35.8. The molecule has 0 amide bonds. The molecule has 0 radical (unpaired) electrons. The summed E-state index contributed by atoms with van der Waals surface area (Å²) >= 11 is 0. The van der Waals surface area contributed by atoms with Crippen LogP contribution in [0.4, 0.5) is 29.1 Å². The van der Waals surface area contributed by atoms with Gasteiger partial charge in [0.1, 0.15) is 35.4 Å². The number of aromatic nitrogens is 10. The summed E-state index contributed by atoms with van der Waals surface area (Å²) in [5, 5.41) is 56.6. The minimum Gasteiger partial charge on any atom is -0.390 e. The van der Waals surface area contributed by atoms with E-state index < -0.39 is 64.2 Å². The fourth-order valence-corrected chi connectivity index (χ4v) is 9.55. The number of fused-ring (bicyclic) bond motifs is 2. The highest BCUT2D eigenvalue weighted by molar-refractivity contribution is 5.74. The Balaban J connectivity index is 0.000000146. The Morgan fingerprint density at radius 1 is 0.680 bits per heavy atom. The summed E-state index contributed by atoms with van der Waals surface area (Å²) in [6.07, 6.45) is 5.16. The van der Waals surface area contributed by atoms with E-state index in [0.717, 1.165) is 12.0 Å². The molecule has 4 fully saturated rings. The van der Waals surface area contributed by atoms with Crippen LogP contribution in [0.25, 0.3) is 22.2 Å². The van der Waals surface area contributed by atoms with Crippen molar-refractivity contribution >= 4 is 51.3 Å². The number of hydrogen-bond acceptors (Lipinski definition) is 22. The minimum atomic E-state index is -0.593. The number of hydrogen-bond donors (Lipinski definition) is 12. The number of imidazole rings is 1. The summed E-state index contributed by atoms with van der Waals surface area (Å²) in [4.78, 5) is 81.7. The van der Waals surface area contributed by atoms with Crippen LogP contribution < -0.4 is 44.6 Å². The molecule has 0 spiro atoms. The molecule has 4 saturated heterocycles. The van der Waals surface area contributed by atoms with E-state index in [0.29, 0.717) is 78.8 Å². The second-order valence-corrected chi connectivity index (χ2v) is 18.2. The van der Waals surface area contributed by atoms with E-state index in [1.807, 2.05) is 27.7 Å². The van der Waals surface area contributed by atoms with Crippen LogP contribution >= 0.6 is 0 Å². The lowest BCUT2D eigenvalue weighted by atomic mass is 10.0. The Kier molecular flexibility index (Phi) is 17.8. The van der Waals surface area contributed by atoms with E-state index in [4.69, 9.17) is 30.4 Å². The molecule has 0 unspecified atom stereocenters. The molecule has 14 N–H and O–H groups in total. The normalized spacial score (nSPS) is 27.0. The van der Waals surface area contributed by atoms with Gasteiger partial charge in [0, 0.05) is 69.4 Å². The summed E-state index contributed by atoms with van der Waals surface area (Å²) in [6, 6.07) is 2.99. The Hall–Kier alpha value is -7.12.